The van der Waals surface area contributed by atoms with Crippen molar-refractivity contribution in [3.63, 3.8) is 0 Å². The minimum Gasteiger partial charge on any atom is -0.325 e. The Labute approximate surface area is 149 Å². The largest absolute Gasteiger partial charge is 0.325 e. The van der Waals surface area contributed by atoms with Gasteiger partial charge in [0, 0.05) is 16.1 Å². The van der Waals surface area contributed by atoms with E-state index >= 15 is 0 Å². The number of hydrogen-bond acceptors (Lipinski definition) is 2. The molecular weight excluding hydrogens is 364 g/mol. The van der Waals surface area contributed by atoms with Crippen molar-refractivity contribution in [1.82, 2.24) is 4.98 Å². The topological polar surface area (TPSA) is 42.0 Å². The number of amides is 1. The number of carbonyl (C=O) groups excluding carboxylic acids is 1. The van der Waals surface area contributed by atoms with Crippen molar-refractivity contribution in [3.05, 3.63) is 70.3 Å². The standard InChI is InChI=1S/C20H17BrN2O/c1-13-7-8-17(16-6-3-11-22-18(13)16)23-19(24)20(9-10-20)14-4-2-5-15(21)12-14/h2-8,11-12H,9-10H2,1H3,(H,23,24). The molecule has 1 N–H and O–H groups in total. The van der Waals surface area contributed by atoms with Crippen LogP contribution in [0.2, 0.25) is 0 Å². The van der Waals surface area contributed by atoms with Crippen LogP contribution in [0.25, 0.3) is 10.9 Å². The fourth-order valence-corrected chi connectivity index (χ4v) is 3.62. The van der Waals surface area contributed by atoms with E-state index in [9.17, 15) is 4.79 Å². The van der Waals surface area contributed by atoms with E-state index in [1.54, 1.807) is 6.20 Å². The van der Waals surface area contributed by atoms with Crippen LogP contribution in [0.5, 0.6) is 0 Å². The summed E-state index contributed by atoms with van der Waals surface area (Å²) in [6.45, 7) is 2.03. The van der Waals surface area contributed by atoms with Gasteiger partial charge in [-0.15, -0.1) is 0 Å². The highest BCUT2D eigenvalue weighted by Gasteiger charge is 2.51. The molecule has 3 aromatic rings. The molecule has 0 unspecified atom stereocenters. The third-order valence-corrected chi connectivity index (χ3v) is 5.27. The summed E-state index contributed by atoms with van der Waals surface area (Å²) in [5.41, 5.74) is 3.54. The normalized spacial score (nSPS) is 15.2. The smallest absolute Gasteiger partial charge is 0.235 e. The van der Waals surface area contributed by atoms with Crippen molar-refractivity contribution < 1.29 is 4.79 Å². The number of nitrogens with one attached hydrogen (secondary N) is 1. The maximum atomic E-state index is 13.0. The van der Waals surface area contributed by atoms with E-state index in [1.165, 1.54) is 0 Å². The van der Waals surface area contributed by atoms with Crippen molar-refractivity contribution in [2.45, 2.75) is 25.2 Å². The molecule has 0 radical (unpaired) electrons. The van der Waals surface area contributed by atoms with Crippen LogP contribution in [0.3, 0.4) is 0 Å². The number of nitrogens with zero attached hydrogens (tertiary/aromatic N) is 1. The number of benzene rings is 2. The van der Waals surface area contributed by atoms with Gasteiger partial charge < -0.3 is 5.32 Å². The van der Waals surface area contributed by atoms with Gasteiger partial charge in [-0.3, -0.25) is 9.78 Å². The predicted octanol–water partition coefficient (Wildman–Crippen LogP) is 4.98. The van der Waals surface area contributed by atoms with E-state index in [0.717, 1.165) is 45.0 Å². The van der Waals surface area contributed by atoms with Gasteiger partial charge in [0.25, 0.3) is 0 Å². The molecule has 4 rings (SSSR count). The molecule has 120 valence electrons. The van der Waals surface area contributed by atoms with Crippen molar-refractivity contribution >= 4 is 38.4 Å². The minimum atomic E-state index is -0.400. The zero-order chi connectivity index (χ0) is 16.7. The van der Waals surface area contributed by atoms with Crippen molar-refractivity contribution in [2.75, 3.05) is 5.32 Å². The lowest BCUT2D eigenvalue weighted by Crippen LogP contribution is -2.27. The molecule has 4 heteroatoms. The fraction of sp³-hybridized carbons (Fsp3) is 0.200. The summed E-state index contributed by atoms with van der Waals surface area (Å²) in [6.07, 6.45) is 3.56. The average molecular weight is 381 g/mol. The van der Waals surface area contributed by atoms with E-state index in [0.29, 0.717) is 0 Å². The minimum absolute atomic E-state index is 0.0645. The highest BCUT2D eigenvalue weighted by Crippen LogP contribution is 2.49. The summed E-state index contributed by atoms with van der Waals surface area (Å²) >= 11 is 3.50. The monoisotopic (exact) mass is 380 g/mol. The lowest BCUT2D eigenvalue weighted by molar-refractivity contribution is -0.118. The molecule has 2 aromatic carbocycles. The Morgan fingerprint density at radius 1 is 1.17 bits per heavy atom. The van der Waals surface area contributed by atoms with E-state index in [4.69, 9.17) is 0 Å². The van der Waals surface area contributed by atoms with Crippen LogP contribution in [0, 0.1) is 6.92 Å². The molecule has 1 heterocycles. The molecule has 0 saturated heterocycles. The van der Waals surface area contributed by atoms with Gasteiger partial charge in [-0.1, -0.05) is 34.1 Å². The molecule has 3 nitrogen and oxygen atoms in total. The lowest BCUT2D eigenvalue weighted by Gasteiger charge is -2.17. The summed E-state index contributed by atoms with van der Waals surface area (Å²) in [4.78, 5) is 17.4. The number of aryl methyl sites for hydroxylation is 1. The molecule has 0 bridgehead atoms. The third-order valence-electron chi connectivity index (χ3n) is 4.78. The number of aromatic nitrogens is 1. The average Bonchev–Trinajstić information content (AvgIpc) is 3.40. The lowest BCUT2D eigenvalue weighted by atomic mass is 9.94. The molecule has 1 fully saturated rings. The van der Waals surface area contributed by atoms with E-state index in [2.05, 4.69) is 26.2 Å². The van der Waals surface area contributed by atoms with Crippen LogP contribution in [0.15, 0.2) is 59.2 Å². The Hall–Kier alpha value is -2.20. The first-order valence-electron chi connectivity index (χ1n) is 8.02. The molecule has 0 atom stereocenters. The maximum absolute atomic E-state index is 13.0. The van der Waals surface area contributed by atoms with Crippen molar-refractivity contribution in [2.24, 2.45) is 0 Å². The zero-order valence-corrected chi connectivity index (χ0v) is 14.9. The molecule has 1 aliphatic carbocycles. The molecular formula is C20H17BrN2O. The van der Waals surface area contributed by atoms with Crippen LogP contribution < -0.4 is 5.32 Å². The summed E-state index contributed by atoms with van der Waals surface area (Å²) in [7, 11) is 0. The van der Waals surface area contributed by atoms with Gasteiger partial charge in [-0.05, 0) is 61.2 Å². The summed E-state index contributed by atoms with van der Waals surface area (Å²) in [6, 6.07) is 15.9. The van der Waals surface area contributed by atoms with Gasteiger partial charge in [0.15, 0.2) is 0 Å². The first-order chi connectivity index (χ1) is 11.6. The highest BCUT2D eigenvalue weighted by atomic mass is 79.9. The van der Waals surface area contributed by atoms with Gasteiger partial charge in [0.05, 0.1) is 16.6 Å². The van der Waals surface area contributed by atoms with Gasteiger partial charge in [0.1, 0.15) is 0 Å². The first kappa shape index (κ1) is 15.3. The summed E-state index contributed by atoms with van der Waals surface area (Å²) in [5.74, 6) is 0.0645. The van der Waals surface area contributed by atoms with Gasteiger partial charge in [-0.25, -0.2) is 0 Å². The van der Waals surface area contributed by atoms with E-state index < -0.39 is 5.41 Å². The Morgan fingerprint density at radius 2 is 2.00 bits per heavy atom. The van der Waals surface area contributed by atoms with Gasteiger partial charge in [-0.2, -0.15) is 0 Å². The number of pyridine rings is 1. The third kappa shape index (κ3) is 2.51. The predicted molar refractivity (Wildman–Crippen MR) is 100 cm³/mol. The summed E-state index contributed by atoms with van der Waals surface area (Å²) < 4.78 is 1.00. The Morgan fingerprint density at radius 3 is 2.75 bits per heavy atom. The van der Waals surface area contributed by atoms with Crippen LogP contribution in [-0.4, -0.2) is 10.9 Å². The number of rotatable bonds is 3. The van der Waals surface area contributed by atoms with Crippen LogP contribution in [0.4, 0.5) is 5.69 Å². The number of carbonyl (C=O) groups is 1. The van der Waals surface area contributed by atoms with Crippen LogP contribution in [-0.2, 0) is 10.2 Å². The SMILES string of the molecule is Cc1ccc(NC(=O)C2(c3cccc(Br)c3)CC2)c2cccnc12. The second kappa shape index (κ2) is 5.71. The molecule has 1 aliphatic rings. The molecule has 24 heavy (non-hydrogen) atoms. The molecule has 1 saturated carbocycles. The molecule has 1 amide bonds. The molecule has 0 spiro atoms. The Kier molecular flexibility index (Phi) is 3.65. The maximum Gasteiger partial charge on any atom is 0.235 e. The first-order valence-corrected chi connectivity index (χ1v) is 8.81. The highest BCUT2D eigenvalue weighted by molar-refractivity contribution is 9.10. The fourth-order valence-electron chi connectivity index (χ4n) is 3.22. The Bertz CT molecular complexity index is 947. The van der Waals surface area contributed by atoms with E-state index in [1.807, 2.05) is 55.5 Å². The number of fused-ring (bicyclic) bond motifs is 1. The van der Waals surface area contributed by atoms with Gasteiger partial charge >= 0.3 is 0 Å². The number of hydrogen-bond donors (Lipinski definition) is 1. The molecule has 0 aliphatic heterocycles. The second-order valence-corrected chi connectivity index (χ2v) is 7.29. The van der Waals surface area contributed by atoms with Crippen LogP contribution >= 0.6 is 15.9 Å². The summed E-state index contributed by atoms with van der Waals surface area (Å²) in [5, 5.41) is 4.12. The van der Waals surface area contributed by atoms with Gasteiger partial charge in [0.2, 0.25) is 5.91 Å². The quantitative estimate of drug-likeness (QED) is 0.696. The van der Waals surface area contributed by atoms with Crippen LogP contribution in [0.1, 0.15) is 24.0 Å². The number of anilines is 1. The van der Waals surface area contributed by atoms with Crippen molar-refractivity contribution in [3.8, 4) is 0 Å². The second-order valence-electron chi connectivity index (χ2n) is 6.38. The van der Waals surface area contributed by atoms with Crippen molar-refractivity contribution in [1.29, 1.82) is 0 Å². The van der Waals surface area contributed by atoms with E-state index in [-0.39, 0.29) is 5.91 Å². The molecule has 1 aromatic heterocycles. The number of halogens is 1. The zero-order valence-electron chi connectivity index (χ0n) is 13.3. The Balaban J connectivity index is 1.69.